The van der Waals surface area contributed by atoms with E-state index in [4.69, 9.17) is 9.47 Å². The Bertz CT molecular complexity index is 428. The Morgan fingerprint density at radius 3 is 2.75 bits per heavy atom. The molecular formula is C16H22FNO2. The standard InChI is InChI=1S/C16H22FNO2/c17-14-2-1-3-15(10-14)20-16(13-4-7-18-11-13)12-5-8-19-9-6-12/h1-3,10,12-13,16,18H,4-9,11H2/t13-,16+/m0/s1. The first kappa shape index (κ1) is 13.8. The molecule has 2 aliphatic rings. The summed E-state index contributed by atoms with van der Waals surface area (Å²) in [5.74, 6) is 1.43. The SMILES string of the molecule is Fc1cccc(O[C@H](C2CCOCC2)[C@H]2CCNC2)c1. The van der Waals surface area contributed by atoms with Crippen molar-refractivity contribution >= 4 is 0 Å². The first-order valence-corrected chi connectivity index (χ1v) is 7.53. The fourth-order valence-electron chi connectivity index (χ4n) is 3.28. The lowest BCUT2D eigenvalue weighted by Crippen LogP contribution is -2.39. The van der Waals surface area contributed by atoms with E-state index in [0.717, 1.165) is 45.6 Å². The Morgan fingerprint density at radius 1 is 1.20 bits per heavy atom. The lowest BCUT2D eigenvalue weighted by molar-refractivity contribution is -0.00144. The zero-order valence-electron chi connectivity index (χ0n) is 11.7. The van der Waals surface area contributed by atoms with E-state index >= 15 is 0 Å². The van der Waals surface area contributed by atoms with E-state index < -0.39 is 0 Å². The third kappa shape index (κ3) is 3.30. The van der Waals surface area contributed by atoms with E-state index in [1.807, 2.05) is 6.07 Å². The van der Waals surface area contributed by atoms with Gasteiger partial charge in [-0.25, -0.2) is 4.39 Å². The highest BCUT2D eigenvalue weighted by Crippen LogP contribution is 2.31. The normalized spacial score (nSPS) is 25.6. The van der Waals surface area contributed by atoms with Crippen molar-refractivity contribution in [1.29, 1.82) is 0 Å². The highest BCUT2D eigenvalue weighted by molar-refractivity contribution is 5.23. The van der Waals surface area contributed by atoms with Gasteiger partial charge in [0.05, 0.1) is 0 Å². The number of halogens is 1. The molecule has 2 aliphatic heterocycles. The van der Waals surface area contributed by atoms with E-state index in [1.54, 1.807) is 6.07 Å². The molecule has 110 valence electrons. The first-order valence-electron chi connectivity index (χ1n) is 7.53. The van der Waals surface area contributed by atoms with Crippen LogP contribution in [0.15, 0.2) is 24.3 Å². The Hall–Kier alpha value is -1.13. The molecule has 1 aromatic rings. The molecule has 2 heterocycles. The van der Waals surface area contributed by atoms with Crippen LogP contribution in [0.1, 0.15) is 19.3 Å². The van der Waals surface area contributed by atoms with Gasteiger partial charge < -0.3 is 14.8 Å². The van der Waals surface area contributed by atoms with Gasteiger partial charge in [-0.1, -0.05) is 6.07 Å². The van der Waals surface area contributed by atoms with E-state index in [2.05, 4.69) is 5.32 Å². The Kier molecular flexibility index (Phi) is 4.53. The molecule has 0 amide bonds. The van der Waals surface area contributed by atoms with Crippen molar-refractivity contribution in [3.05, 3.63) is 30.1 Å². The van der Waals surface area contributed by atoms with Gasteiger partial charge in [0.15, 0.2) is 0 Å². The quantitative estimate of drug-likeness (QED) is 0.919. The molecule has 4 heteroatoms. The highest BCUT2D eigenvalue weighted by atomic mass is 19.1. The second kappa shape index (κ2) is 6.55. The third-order valence-electron chi connectivity index (χ3n) is 4.36. The molecule has 3 nitrogen and oxygen atoms in total. The summed E-state index contributed by atoms with van der Waals surface area (Å²) in [7, 11) is 0. The van der Waals surface area contributed by atoms with Crippen LogP contribution < -0.4 is 10.1 Å². The second-order valence-corrected chi connectivity index (χ2v) is 5.74. The Balaban J connectivity index is 1.73. The molecule has 0 aromatic heterocycles. The summed E-state index contributed by atoms with van der Waals surface area (Å²) in [6, 6.07) is 6.48. The summed E-state index contributed by atoms with van der Waals surface area (Å²) in [6.07, 6.45) is 3.38. The summed E-state index contributed by atoms with van der Waals surface area (Å²) < 4.78 is 25.0. The number of ether oxygens (including phenoxy) is 2. The average molecular weight is 279 g/mol. The van der Waals surface area contributed by atoms with Gasteiger partial charge >= 0.3 is 0 Å². The van der Waals surface area contributed by atoms with Crippen LogP contribution in [0.2, 0.25) is 0 Å². The first-order chi connectivity index (χ1) is 9.83. The molecule has 0 unspecified atom stereocenters. The molecule has 2 saturated heterocycles. The monoisotopic (exact) mass is 279 g/mol. The molecule has 1 aromatic carbocycles. The molecule has 3 rings (SSSR count). The van der Waals surface area contributed by atoms with Gasteiger partial charge in [0.2, 0.25) is 0 Å². The summed E-state index contributed by atoms with van der Waals surface area (Å²) in [4.78, 5) is 0. The van der Waals surface area contributed by atoms with Crippen molar-refractivity contribution in [2.75, 3.05) is 26.3 Å². The fraction of sp³-hybridized carbons (Fsp3) is 0.625. The molecule has 0 saturated carbocycles. The smallest absolute Gasteiger partial charge is 0.126 e. The van der Waals surface area contributed by atoms with Gasteiger partial charge in [0.25, 0.3) is 0 Å². The molecule has 1 N–H and O–H groups in total. The van der Waals surface area contributed by atoms with Gasteiger partial charge in [-0.3, -0.25) is 0 Å². The minimum atomic E-state index is -0.238. The summed E-state index contributed by atoms with van der Waals surface area (Å²) in [5, 5.41) is 3.40. The number of nitrogens with one attached hydrogen (secondary N) is 1. The van der Waals surface area contributed by atoms with Gasteiger partial charge in [0, 0.05) is 37.7 Å². The van der Waals surface area contributed by atoms with E-state index in [-0.39, 0.29) is 11.9 Å². The zero-order chi connectivity index (χ0) is 13.8. The predicted molar refractivity (Wildman–Crippen MR) is 75.3 cm³/mol. The second-order valence-electron chi connectivity index (χ2n) is 5.74. The van der Waals surface area contributed by atoms with Crippen molar-refractivity contribution in [2.24, 2.45) is 11.8 Å². The van der Waals surface area contributed by atoms with E-state index in [0.29, 0.717) is 17.6 Å². The molecule has 0 bridgehead atoms. The molecular weight excluding hydrogens is 257 g/mol. The van der Waals surface area contributed by atoms with E-state index in [1.165, 1.54) is 12.1 Å². The van der Waals surface area contributed by atoms with Gasteiger partial charge in [-0.15, -0.1) is 0 Å². The lowest BCUT2D eigenvalue weighted by Gasteiger charge is -2.34. The van der Waals surface area contributed by atoms with Crippen LogP contribution in [0, 0.1) is 17.7 Å². The van der Waals surface area contributed by atoms with Gasteiger partial charge in [-0.05, 0) is 37.9 Å². The predicted octanol–water partition coefficient (Wildman–Crippen LogP) is 2.61. The number of rotatable bonds is 4. The fourth-order valence-corrected chi connectivity index (χ4v) is 3.28. The highest BCUT2D eigenvalue weighted by Gasteiger charge is 2.34. The van der Waals surface area contributed by atoms with Crippen LogP contribution in [0.4, 0.5) is 4.39 Å². The number of hydrogen-bond acceptors (Lipinski definition) is 3. The molecule has 2 atom stereocenters. The van der Waals surface area contributed by atoms with Crippen LogP contribution >= 0.6 is 0 Å². The van der Waals surface area contributed by atoms with Crippen LogP contribution in [0.3, 0.4) is 0 Å². The van der Waals surface area contributed by atoms with Crippen LogP contribution in [0.25, 0.3) is 0 Å². The number of hydrogen-bond donors (Lipinski definition) is 1. The third-order valence-corrected chi connectivity index (χ3v) is 4.36. The molecule has 0 aliphatic carbocycles. The average Bonchev–Trinajstić information content (AvgIpc) is 3.00. The van der Waals surface area contributed by atoms with Gasteiger partial charge in [-0.2, -0.15) is 0 Å². The van der Waals surface area contributed by atoms with Crippen LogP contribution in [-0.4, -0.2) is 32.4 Å². The maximum absolute atomic E-state index is 13.3. The van der Waals surface area contributed by atoms with Crippen molar-refractivity contribution in [3.63, 3.8) is 0 Å². The largest absolute Gasteiger partial charge is 0.490 e. The summed E-state index contributed by atoms with van der Waals surface area (Å²) in [6.45, 7) is 3.68. The topological polar surface area (TPSA) is 30.5 Å². The zero-order valence-corrected chi connectivity index (χ0v) is 11.7. The maximum Gasteiger partial charge on any atom is 0.126 e. The van der Waals surface area contributed by atoms with Crippen molar-refractivity contribution < 1.29 is 13.9 Å². The molecule has 0 spiro atoms. The molecule has 2 fully saturated rings. The van der Waals surface area contributed by atoms with Crippen molar-refractivity contribution in [2.45, 2.75) is 25.4 Å². The minimum absolute atomic E-state index is 0.163. The Labute approximate surface area is 119 Å². The molecule has 0 radical (unpaired) electrons. The Morgan fingerprint density at radius 2 is 2.05 bits per heavy atom. The van der Waals surface area contributed by atoms with Gasteiger partial charge in [0.1, 0.15) is 17.7 Å². The maximum atomic E-state index is 13.3. The number of benzene rings is 1. The van der Waals surface area contributed by atoms with E-state index in [9.17, 15) is 4.39 Å². The van der Waals surface area contributed by atoms with Crippen molar-refractivity contribution in [1.82, 2.24) is 5.32 Å². The van der Waals surface area contributed by atoms with Crippen molar-refractivity contribution in [3.8, 4) is 5.75 Å². The summed E-state index contributed by atoms with van der Waals surface area (Å²) >= 11 is 0. The lowest BCUT2D eigenvalue weighted by atomic mass is 9.85. The van der Waals surface area contributed by atoms with Crippen LogP contribution in [-0.2, 0) is 4.74 Å². The molecule has 20 heavy (non-hydrogen) atoms. The minimum Gasteiger partial charge on any atom is -0.490 e. The van der Waals surface area contributed by atoms with Crippen LogP contribution in [0.5, 0.6) is 5.75 Å². The summed E-state index contributed by atoms with van der Waals surface area (Å²) in [5.41, 5.74) is 0.